The Morgan fingerprint density at radius 2 is 2.29 bits per heavy atom. The van der Waals surface area contributed by atoms with Gasteiger partial charge in [0.25, 0.3) is 5.91 Å². The van der Waals surface area contributed by atoms with Crippen molar-refractivity contribution in [3.8, 4) is 0 Å². The van der Waals surface area contributed by atoms with Crippen LogP contribution in [0.15, 0.2) is 10.6 Å². The second-order valence-electron chi connectivity index (χ2n) is 6.05. The van der Waals surface area contributed by atoms with Gasteiger partial charge in [0.05, 0.1) is 12.0 Å². The molecule has 3 rings (SSSR count). The number of hydrogen-bond acceptors (Lipinski definition) is 4. The zero-order valence-electron chi connectivity index (χ0n) is 12.6. The Labute approximate surface area is 124 Å². The van der Waals surface area contributed by atoms with Gasteiger partial charge in [-0.3, -0.25) is 9.59 Å². The molecule has 21 heavy (non-hydrogen) atoms. The third-order valence-electron chi connectivity index (χ3n) is 4.64. The minimum absolute atomic E-state index is 0.114. The predicted molar refractivity (Wildman–Crippen MR) is 75.7 cm³/mol. The van der Waals surface area contributed by atoms with E-state index < -0.39 is 0 Å². The number of likely N-dealkylation sites (tertiary alicyclic amines) is 2. The number of aromatic nitrogens is 1. The van der Waals surface area contributed by atoms with Gasteiger partial charge >= 0.3 is 0 Å². The minimum Gasteiger partial charge on any atom is -0.361 e. The van der Waals surface area contributed by atoms with Crippen molar-refractivity contribution in [3.05, 3.63) is 17.5 Å². The van der Waals surface area contributed by atoms with Gasteiger partial charge in [-0.05, 0) is 33.1 Å². The molecule has 0 radical (unpaired) electrons. The van der Waals surface area contributed by atoms with Crippen LogP contribution in [0.5, 0.6) is 0 Å². The van der Waals surface area contributed by atoms with Gasteiger partial charge in [0.2, 0.25) is 5.91 Å². The quantitative estimate of drug-likeness (QED) is 0.830. The summed E-state index contributed by atoms with van der Waals surface area (Å²) in [5.74, 6) is 0.660. The molecule has 2 aliphatic heterocycles. The number of likely N-dealkylation sites (N-methyl/N-ethyl adjacent to an activating group) is 1. The predicted octanol–water partition coefficient (Wildman–Crippen LogP) is 1.60. The van der Waals surface area contributed by atoms with Gasteiger partial charge in [-0.25, -0.2) is 0 Å². The number of carbonyl (C=O) groups excluding carboxylic acids is 2. The minimum atomic E-state index is -0.352. The Hall–Kier alpha value is -1.85. The van der Waals surface area contributed by atoms with E-state index in [0.29, 0.717) is 37.5 Å². The molecule has 1 spiro atoms. The van der Waals surface area contributed by atoms with Crippen LogP contribution in [-0.2, 0) is 4.79 Å². The van der Waals surface area contributed by atoms with Crippen molar-refractivity contribution in [1.29, 1.82) is 0 Å². The molecule has 0 bridgehead atoms. The van der Waals surface area contributed by atoms with Crippen molar-refractivity contribution in [2.24, 2.45) is 0 Å². The first kappa shape index (κ1) is 14.1. The Kier molecular flexibility index (Phi) is 3.47. The number of aryl methyl sites for hydroxylation is 1. The number of piperidine rings is 1. The van der Waals surface area contributed by atoms with Gasteiger partial charge in [0, 0.05) is 25.7 Å². The summed E-state index contributed by atoms with van der Waals surface area (Å²) >= 11 is 0. The fourth-order valence-electron chi connectivity index (χ4n) is 3.55. The zero-order valence-corrected chi connectivity index (χ0v) is 12.6. The van der Waals surface area contributed by atoms with E-state index in [1.807, 2.05) is 16.7 Å². The van der Waals surface area contributed by atoms with Gasteiger partial charge in [-0.15, -0.1) is 0 Å². The molecule has 114 valence electrons. The Bertz CT molecular complexity index is 568. The molecule has 3 heterocycles. The van der Waals surface area contributed by atoms with Crippen molar-refractivity contribution in [3.63, 3.8) is 0 Å². The van der Waals surface area contributed by atoms with Crippen LogP contribution in [-0.4, -0.2) is 51.9 Å². The standard InChI is InChI=1S/C15H21N3O3/c1-3-17-10-15(9-13(17)19)6-4-5-7-18(15)14(20)12-8-11(2)21-16-12/h8H,3-7,9-10H2,1-2H3. The molecule has 0 saturated carbocycles. The zero-order chi connectivity index (χ0) is 15.0. The van der Waals surface area contributed by atoms with Crippen molar-refractivity contribution >= 4 is 11.8 Å². The highest BCUT2D eigenvalue weighted by molar-refractivity contribution is 5.94. The van der Waals surface area contributed by atoms with Gasteiger partial charge in [-0.2, -0.15) is 0 Å². The number of amides is 2. The number of rotatable bonds is 2. The van der Waals surface area contributed by atoms with Crippen LogP contribution in [0.4, 0.5) is 0 Å². The highest BCUT2D eigenvalue weighted by Gasteiger charge is 2.50. The molecule has 2 amide bonds. The molecule has 1 atom stereocenters. The molecular formula is C15H21N3O3. The van der Waals surface area contributed by atoms with E-state index in [4.69, 9.17) is 4.52 Å². The normalized spacial score (nSPS) is 25.9. The van der Waals surface area contributed by atoms with E-state index in [0.717, 1.165) is 19.3 Å². The van der Waals surface area contributed by atoms with Gasteiger partial charge in [0.1, 0.15) is 5.76 Å². The fourth-order valence-corrected chi connectivity index (χ4v) is 3.55. The Balaban J connectivity index is 1.88. The van der Waals surface area contributed by atoms with Gasteiger partial charge in [-0.1, -0.05) is 5.16 Å². The van der Waals surface area contributed by atoms with Crippen molar-refractivity contribution in [2.45, 2.75) is 45.1 Å². The molecule has 1 aromatic rings. The molecule has 0 aliphatic carbocycles. The average molecular weight is 291 g/mol. The summed E-state index contributed by atoms with van der Waals surface area (Å²) in [5.41, 5.74) is -0.00823. The van der Waals surface area contributed by atoms with Crippen LogP contribution < -0.4 is 0 Å². The second kappa shape index (κ2) is 5.16. The molecule has 0 aromatic carbocycles. The van der Waals surface area contributed by atoms with Crippen LogP contribution in [0.3, 0.4) is 0 Å². The summed E-state index contributed by atoms with van der Waals surface area (Å²) < 4.78 is 5.02. The summed E-state index contributed by atoms with van der Waals surface area (Å²) in [6.45, 7) is 5.78. The lowest BCUT2D eigenvalue weighted by Crippen LogP contribution is -2.56. The third-order valence-corrected chi connectivity index (χ3v) is 4.64. The second-order valence-corrected chi connectivity index (χ2v) is 6.05. The molecule has 2 aliphatic rings. The number of hydrogen-bond donors (Lipinski definition) is 0. The lowest BCUT2D eigenvalue weighted by Gasteiger charge is -2.44. The SMILES string of the molecule is CCN1CC2(CCCCN2C(=O)c2cc(C)on2)CC1=O. The lowest BCUT2D eigenvalue weighted by atomic mass is 9.85. The Morgan fingerprint density at radius 1 is 1.48 bits per heavy atom. The fraction of sp³-hybridized carbons (Fsp3) is 0.667. The summed E-state index contributed by atoms with van der Waals surface area (Å²) in [6.07, 6.45) is 3.36. The van der Waals surface area contributed by atoms with E-state index >= 15 is 0 Å². The van der Waals surface area contributed by atoms with E-state index in [9.17, 15) is 9.59 Å². The summed E-state index contributed by atoms with van der Waals surface area (Å²) in [6, 6.07) is 1.67. The first-order chi connectivity index (χ1) is 10.1. The smallest absolute Gasteiger partial charge is 0.276 e. The van der Waals surface area contributed by atoms with Crippen LogP contribution >= 0.6 is 0 Å². The summed E-state index contributed by atoms with van der Waals surface area (Å²) in [5, 5.41) is 3.84. The lowest BCUT2D eigenvalue weighted by molar-refractivity contribution is -0.127. The van der Waals surface area contributed by atoms with Crippen LogP contribution in [0, 0.1) is 6.92 Å². The number of carbonyl (C=O) groups is 2. The molecule has 6 nitrogen and oxygen atoms in total. The topological polar surface area (TPSA) is 66.7 Å². The first-order valence-electron chi connectivity index (χ1n) is 7.59. The summed E-state index contributed by atoms with van der Waals surface area (Å²) in [7, 11) is 0. The van der Waals surface area contributed by atoms with Gasteiger partial charge in [0.15, 0.2) is 5.69 Å². The maximum atomic E-state index is 12.7. The van der Waals surface area contributed by atoms with E-state index in [2.05, 4.69) is 5.16 Å². The van der Waals surface area contributed by atoms with Crippen LogP contribution in [0.25, 0.3) is 0 Å². The maximum Gasteiger partial charge on any atom is 0.276 e. The van der Waals surface area contributed by atoms with E-state index in [1.165, 1.54) is 0 Å². The molecule has 1 unspecified atom stereocenters. The summed E-state index contributed by atoms with van der Waals surface area (Å²) in [4.78, 5) is 28.6. The molecular weight excluding hydrogens is 270 g/mol. The van der Waals surface area contributed by atoms with Gasteiger partial charge < -0.3 is 14.3 Å². The first-order valence-corrected chi connectivity index (χ1v) is 7.59. The largest absolute Gasteiger partial charge is 0.361 e. The van der Waals surface area contributed by atoms with Crippen molar-refractivity contribution < 1.29 is 14.1 Å². The third kappa shape index (κ3) is 2.32. The highest BCUT2D eigenvalue weighted by Crippen LogP contribution is 2.37. The Morgan fingerprint density at radius 3 is 2.90 bits per heavy atom. The van der Waals surface area contributed by atoms with E-state index in [-0.39, 0.29) is 17.4 Å². The average Bonchev–Trinajstić information content (AvgIpc) is 3.03. The van der Waals surface area contributed by atoms with E-state index in [1.54, 1.807) is 13.0 Å². The number of nitrogens with zero attached hydrogens (tertiary/aromatic N) is 3. The molecule has 6 heteroatoms. The molecule has 2 saturated heterocycles. The van der Waals surface area contributed by atoms with Crippen LogP contribution in [0.1, 0.15) is 48.9 Å². The molecule has 1 aromatic heterocycles. The molecule has 0 N–H and O–H groups in total. The maximum absolute atomic E-state index is 12.7. The van der Waals surface area contributed by atoms with Crippen molar-refractivity contribution in [1.82, 2.24) is 15.0 Å². The highest BCUT2D eigenvalue weighted by atomic mass is 16.5. The van der Waals surface area contributed by atoms with Crippen LogP contribution in [0.2, 0.25) is 0 Å². The molecule has 2 fully saturated rings. The monoisotopic (exact) mass is 291 g/mol. The van der Waals surface area contributed by atoms with Crippen molar-refractivity contribution in [2.75, 3.05) is 19.6 Å².